The molecule has 1 saturated carbocycles. The van der Waals surface area contributed by atoms with E-state index in [4.69, 9.17) is 10.5 Å². The van der Waals surface area contributed by atoms with Crippen LogP contribution in [0.5, 0.6) is 0 Å². The number of carbonyl (C=O) groups is 1. The first-order chi connectivity index (χ1) is 7.63. The van der Waals surface area contributed by atoms with Crippen molar-refractivity contribution in [3.8, 4) is 0 Å². The fourth-order valence-corrected chi connectivity index (χ4v) is 1.69. The van der Waals surface area contributed by atoms with Crippen LogP contribution in [0.1, 0.15) is 25.0 Å². The summed E-state index contributed by atoms with van der Waals surface area (Å²) in [5.41, 5.74) is 5.92. The molecule has 1 heterocycles. The molecule has 1 fully saturated rings. The average molecular weight is 224 g/mol. The van der Waals surface area contributed by atoms with Crippen molar-refractivity contribution in [2.75, 3.05) is 12.3 Å². The van der Waals surface area contributed by atoms with Gasteiger partial charge in [-0.3, -0.25) is 9.78 Å². The normalized spacial score (nSPS) is 22.9. The maximum absolute atomic E-state index is 13.2. The van der Waals surface area contributed by atoms with Crippen molar-refractivity contribution in [1.82, 2.24) is 4.98 Å². The standard InChI is InChI=1S/C11H13FN2O2/c1-2-16-11(15)7-3-6(7)10-4-8(12)9(13)5-14-10/h4-7H,2-3,13H2,1H3/t6-,7-/m1/s1. The first-order valence-electron chi connectivity index (χ1n) is 5.21. The summed E-state index contributed by atoms with van der Waals surface area (Å²) in [5.74, 6) is -0.907. The van der Waals surface area contributed by atoms with Gasteiger partial charge in [0.15, 0.2) is 0 Å². The summed E-state index contributed by atoms with van der Waals surface area (Å²) in [6.07, 6.45) is 1.96. The van der Waals surface area contributed by atoms with Gasteiger partial charge < -0.3 is 10.5 Å². The molecule has 1 aromatic rings. The maximum Gasteiger partial charge on any atom is 0.309 e. The zero-order chi connectivity index (χ0) is 11.7. The molecular weight excluding hydrogens is 211 g/mol. The number of rotatable bonds is 3. The minimum absolute atomic E-state index is 0.0193. The predicted octanol–water partition coefficient (Wildman–Crippen LogP) is 1.47. The Hall–Kier alpha value is -1.65. The minimum atomic E-state index is -0.487. The summed E-state index contributed by atoms with van der Waals surface area (Å²) in [6, 6.07) is 1.29. The number of nitrogens with two attached hydrogens (primary N) is 1. The predicted molar refractivity (Wildman–Crippen MR) is 56.1 cm³/mol. The van der Waals surface area contributed by atoms with Crippen molar-refractivity contribution in [3.63, 3.8) is 0 Å². The van der Waals surface area contributed by atoms with Crippen LogP contribution < -0.4 is 5.73 Å². The average Bonchev–Trinajstić information content (AvgIpc) is 3.02. The molecule has 1 aromatic heterocycles. The molecule has 0 radical (unpaired) electrons. The van der Waals surface area contributed by atoms with Gasteiger partial charge in [-0.25, -0.2) is 4.39 Å². The van der Waals surface area contributed by atoms with E-state index < -0.39 is 5.82 Å². The molecule has 4 nitrogen and oxygen atoms in total. The van der Waals surface area contributed by atoms with Gasteiger partial charge in [0, 0.05) is 11.6 Å². The van der Waals surface area contributed by atoms with Crippen molar-refractivity contribution in [2.24, 2.45) is 5.92 Å². The van der Waals surface area contributed by atoms with Crippen LogP contribution in [0.15, 0.2) is 12.3 Å². The molecule has 0 saturated heterocycles. The van der Waals surface area contributed by atoms with Crippen LogP contribution in [0.2, 0.25) is 0 Å². The number of pyridine rings is 1. The number of anilines is 1. The highest BCUT2D eigenvalue weighted by molar-refractivity contribution is 5.77. The van der Waals surface area contributed by atoms with E-state index in [0.29, 0.717) is 18.7 Å². The monoisotopic (exact) mass is 224 g/mol. The number of carbonyl (C=O) groups excluding carboxylic acids is 1. The molecule has 2 N–H and O–H groups in total. The van der Waals surface area contributed by atoms with Gasteiger partial charge in [0.05, 0.1) is 24.4 Å². The second-order valence-electron chi connectivity index (χ2n) is 3.83. The summed E-state index contributed by atoms with van der Waals surface area (Å²) >= 11 is 0. The highest BCUT2D eigenvalue weighted by atomic mass is 19.1. The summed E-state index contributed by atoms with van der Waals surface area (Å²) in [7, 11) is 0. The number of hydrogen-bond acceptors (Lipinski definition) is 4. The summed E-state index contributed by atoms with van der Waals surface area (Å²) < 4.78 is 18.0. The number of hydrogen-bond donors (Lipinski definition) is 1. The van der Waals surface area contributed by atoms with E-state index in [1.165, 1.54) is 12.3 Å². The Morgan fingerprint density at radius 2 is 2.50 bits per heavy atom. The van der Waals surface area contributed by atoms with Crippen molar-refractivity contribution in [3.05, 3.63) is 23.8 Å². The van der Waals surface area contributed by atoms with Gasteiger partial charge in [-0.1, -0.05) is 0 Å². The summed E-state index contributed by atoms with van der Waals surface area (Å²) in [4.78, 5) is 15.4. The van der Waals surface area contributed by atoms with E-state index in [0.717, 1.165) is 0 Å². The van der Waals surface area contributed by atoms with Crippen molar-refractivity contribution >= 4 is 11.7 Å². The van der Waals surface area contributed by atoms with Crippen LogP contribution in [0.25, 0.3) is 0 Å². The number of nitrogen functional groups attached to an aromatic ring is 1. The molecule has 2 rings (SSSR count). The lowest BCUT2D eigenvalue weighted by Crippen LogP contribution is -2.07. The minimum Gasteiger partial charge on any atom is -0.466 e. The molecule has 16 heavy (non-hydrogen) atoms. The lowest BCUT2D eigenvalue weighted by Gasteiger charge is -2.02. The van der Waals surface area contributed by atoms with Crippen LogP contribution in [0.3, 0.4) is 0 Å². The van der Waals surface area contributed by atoms with E-state index in [-0.39, 0.29) is 23.5 Å². The molecule has 2 atom stereocenters. The van der Waals surface area contributed by atoms with Crippen LogP contribution >= 0.6 is 0 Å². The van der Waals surface area contributed by atoms with Gasteiger partial charge in [-0.2, -0.15) is 0 Å². The molecule has 0 bridgehead atoms. The van der Waals surface area contributed by atoms with Crippen LogP contribution in [0, 0.1) is 11.7 Å². The Balaban J connectivity index is 2.06. The lowest BCUT2D eigenvalue weighted by atomic mass is 10.2. The van der Waals surface area contributed by atoms with Gasteiger partial charge in [-0.05, 0) is 19.4 Å². The molecular formula is C11H13FN2O2. The molecule has 5 heteroatoms. The summed E-state index contributed by atoms with van der Waals surface area (Å²) in [5, 5.41) is 0. The number of nitrogens with zero attached hydrogens (tertiary/aromatic N) is 1. The van der Waals surface area contributed by atoms with Gasteiger partial charge in [0.1, 0.15) is 5.82 Å². The molecule has 0 aromatic carbocycles. The van der Waals surface area contributed by atoms with E-state index >= 15 is 0 Å². The zero-order valence-corrected chi connectivity index (χ0v) is 8.94. The van der Waals surface area contributed by atoms with E-state index in [1.807, 2.05) is 0 Å². The molecule has 1 aliphatic rings. The second kappa shape index (κ2) is 4.08. The molecule has 0 spiro atoms. The third-order valence-corrected chi connectivity index (χ3v) is 2.66. The van der Waals surface area contributed by atoms with Gasteiger partial charge in [0.25, 0.3) is 0 Å². The second-order valence-corrected chi connectivity index (χ2v) is 3.83. The fourth-order valence-electron chi connectivity index (χ4n) is 1.69. The number of ether oxygens (including phenoxy) is 1. The quantitative estimate of drug-likeness (QED) is 0.789. The Morgan fingerprint density at radius 1 is 1.75 bits per heavy atom. The van der Waals surface area contributed by atoms with E-state index in [2.05, 4.69) is 4.98 Å². The van der Waals surface area contributed by atoms with E-state index in [1.54, 1.807) is 6.92 Å². The van der Waals surface area contributed by atoms with E-state index in [9.17, 15) is 9.18 Å². The van der Waals surface area contributed by atoms with Crippen LogP contribution in [-0.2, 0) is 9.53 Å². The smallest absolute Gasteiger partial charge is 0.309 e. The largest absolute Gasteiger partial charge is 0.466 e. The highest BCUT2D eigenvalue weighted by Crippen LogP contribution is 2.47. The zero-order valence-electron chi connectivity index (χ0n) is 8.94. The third kappa shape index (κ3) is 1.98. The van der Waals surface area contributed by atoms with Crippen molar-refractivity contribution in [2.45, 2.75) is 19.3 Å². The third-order valence-electron chi connectivity index (χ3n) is 2.66. The number of esters is 1. The molecule has 0 amide bonds. The first kappa shape index (κ1) is 10.9. The number of aromatic nitrogens is 1. The first-order valence-corrected chi connectivity index (χ1v) is 5.21. The Labute approximate surface area is 92.6 Å². The molecule has 0 aliphatic heterocycles. The van der Waals surface area contributed by atoms with Crippen molar-refractivity contribution < 1.29 is 13.9 Å². The van der Waals surface area contributed by atoms with Gasteiger partial charge in [-0.15, -0.1) is 0 Å². The number of halogens is 1. The lowest BCUT2D eigenvalue weighted by molar-refractivity contribution is -0.144. The van der Waals surface area contributed by atoms with Crippen molar-refractivity contribution in [1.29, 1.82) is 0 Å². The molecule has 1 aliphatic carbocycles. The molecule has 0 unspecified atom stereocenters. The topological polar surface area (TPSA) is 65.2 Å². The molecule has 86 valence electrons. The Bertz CT molecular complexity index is 422. The van der Waals surface area contributed by atoms with Gasteiger partial charge in [0.2, 0.25) is 0 Å². The van der Waals surface area contributed by atoms with Crippen LogP contribution in [0.4, 0.5) is 10.1 Å². The Kier molecular flexibility index (Phi) is 2.77. The van der Waals surface area contributed by atoms with Crippen LogP contribution in [-0.4, -0.2) is 17.6 Å². The highest BCUT2D eigenvalue weighted by Gasteiger charge is 2.46. The fraction of sp³-hybridized carbons (Fsp3) is 0.455. The van der Waals surface area contributed by atoms with Gasteiger partial charge >= 0.3 is 5.97 Å². The SMILES string of the molecule is CCOC(=O)[C@@H]1C[C@H]1c1cc(F)c(N)cn1. The summed E-state index contributed by atoms with van der Waals surface area (Å²) in [6.45, 7) is 2.13. The Morgan fingerprint density at radius 3 is 3.12 bits per heavy atom. The maximum atomic E-state index is 13.2.